The molecule has 10 heteroatoms. The lowest BCUT2D eigenvalue weighted by Crippen LogP contribution is -2.41. The first-order valence-corrected chi connectivity index (χ1v) is 11.3. The molecule has 1 fully saturated rings. The van der Waals surface area contributed by atoms with E-state index in [1.54, 1.807) is 0 Å². The van der Waals surface area contributed by atoms with Crippen molar-refractivity contribution in [1.29, 1.82) is 0 Å². The van der Waals surface area contributed by atoms with E-state index in [0.717, 1.165) is 19.6 Å². The number of hydrogen-bond acceptors (Lipinski definition) is 6. The second kappa shape index (κ2) is 11.8. The Kier molecular flexibility index (Phi) is 9.44. The first-order valence-electron chi connectivity index (χ1n) is 9.89. The van der Waals surface area contributed by atoms with Crippen LogP contribution in [0.5, 0.6) is 0 Å². The second-order valence-corrected chi connectivity index (χ2v) is 8.95. The number of morpholine rings is 1. The second-order valence-electron chi connectivity index (χ2n) is 6.91. The molecular formula is C20H30N4O5S. The molecule has 0 spiro atoms. The van der Waals surface area contributed by atoms with E-state index in [9.17, 15) is 18.0 Å². The lowest BCUT2D eigenvalue weighted by molar-refractivity contribution is -0.116. The summed E-state index contributed by atoms with van der Waals surface area (Å²) in [7, 11) is -2.19. The number of rotatable bonds is 11. The van der Waals surface area contributed by atoms with Crippen molar-refractivity contribution in [2.75, 3.05) is 59.5 Å². The maximum absolute atomic E-state index is 12.7. The minimum absolute atomic E-state index is 0.116. The third kappa shape index (κ3) is 7.21. The number of nitrogens with zero attached hydrogens (tertiary/aromatic N) is 2. The van der Waals surface area contributed by atoms with E-state index < -0.39 is 10.0 Å². The van der Waals surface area contributed by atoms with Gasteiger partial charge in [-0.1, -0.05) is 6.58 Å². The number of carbonyl (C=O) groups is 2. The van der Waals surface area contributed by atoms with Crippen LogP contribution < -0.4 is 10.6 Å². The minimum Gasteiger partial charge on any atom is -0.379 e. The van der Waals surface area contributed by atoms with Crippen LogP contribution in [0.3, 0.4) is 0 Å². The summed E-state index contributed by atoms with van der Waals surface area (Å²) in [6.07, 6.45) is 1.64. The molecule has 0 atom stereocenters. The van der Waals surface area contributed by atoms with Crippen LogP contribution in [-0.4, -0.2) is 89.0 Å². The Morgan fingerprint density at radius 1 is 1.17 bits per heavy atom. The highest BCUT2D eigenvalue weighted by Gasteiger charge is 2.20. The van der Waals surface area contributed by atoms with Gasteiger partial charge in [0.1, 0.15) is 0 Å². The molecule has 30 heavy (non-hydrogen) atoms. The Hall–Kier alpha value is -2.27. The molecule has 1 aliphatic rings. The number of hydrogen-bond donors (Lipinski definition) is 2. The molecule has 1 aromatic rings. The summed E-state index contributed by atoms with van der Waals surface area (Å²) in [5.74, 6) is -0.530. The highest BCUT2D eigenvalue weighted by molar-refractivity contribution is 7.89. The van der Waals surface area contributed by atoms with Gasteiger partial charge >= 0.3 is 0 Å². The molecular weight excluding hydrogens is 408 g/mol. The monoisotopic (exact) mass is 438 g/mol. The third-order valence-electron chi connectivity index (χ3n) is 4.78. The van der Waals surface area contributed by atoms with Crippen molar-refractivity contribution in [2.45, 2.75) is 11.3 Å². The highest BCUT2D eigenvalue weighted by Crippen LogP contribution is 2.15. The minimum atomic E-state index is -3.67. The molecule has 0 radical (unpaired) electrons. The van der Waals surface area contributed by atoms with Crippen LogP contribution in [0.4, 0.5) is 0 Å². The van der Waals surface area contributed by atoms with Crippen LogP contribution >= 0.6 is 0 Å². The summed E-state index contributed by atoms with van der Waals surface area (Å²) >= 11 is 0. The Morgan fingerprint density at radius 3 is 2.47 bits per heavy atom. The van der Waals surface area contributed by atoms with Crippen molar-refractivity contribution in [3.8, 4) is 0 Å². The van der Waals surface area contributed by atoms with Gasteiger partial charge in [0.15, 0.2) is 0 Å². The van der Waals surface area contributed by atoms with Gasteiger partial charge in [0, 0.05) is 51.9 Å². The van der Waals surface area contributed by atoms with Crippen molar-refractivity contribution < 1.29 is 22.7 Å². The van der Waals surface area contributed by atoms with Gasteiger partial charge in [-0.05, 0) is 36.8 Å². The zero-order chi connectivity index (χ0) is 22.0. The van der Waals surface area contributed by atoms with E-state index >= 15 is 0 Å². The molecule has 1 heterocycles. The summed E-state index contributed by atoms with van der Waals surface area (Å²) in [4.78, 5) is 25.7. The maximum Gasteiger partial charge on any atom is 0.251 e. The predicted molar refractivity (Wildman–Crippen MR) is 114 cm³/mol. The highest BCUT2D eigenvalue weighted by atomic mass is 32.2. The molecule has 0 saturated carbocycles. The lowest BCUT2D eigenvalue weighted by atomic mass is 10.2. The Balaban J connectivity index is 1.82. The topological polar surface area (TPSA) is 108 Å². The fraction of sp³-hybridized carbons (Fsp3) is 0.500. The largest absolute Gasteiger partial charge is 0.379 e. The number of benzene rings is 1. The van der Waals surface area contributed by atoms with Gasteiger partial charge in [0.05, 0.1) is 18.1 Å². The predicted octanol–water partition coefficient (Wildman–Crippen LogP) is 0.0614. The lowest BCUT2D eigenvalue weighted by Gasteiger charge is -2.26. The van der Waals surface area contributed by atoms with Crippen molar-refractivity contribution in [3.63, 3.8) is 0 Å². The van der Waals surface area contributed by atoms with Crippen LogP contribution in [0.15, 0.2) is 41.8 Å². The van der Waals surface area contributed by atoms with Crippen LogP contribution in [0, 0.1) is 0 Å². The average Bonchev–Trinajstić information content (AvgIpc) is 2.77. The van der Waals surface area contributed by atoms with Crippen LogP contribution in [0.1, 0.15) is 16.8 Å². The molecule has 0 aromatic heterocycles. The van der Waals surface area contributed by atoms with Crippen molar-refractivity contribution >= 4 is 21.8 Å². The summed E-state index contributed by atoms with van der Waals surface area (Å²) in [5, 5.41) is 5.46. The molecule has 0 aliphatic carbocycles. The summed E-state index contributed by atoms with van der Waals surface area (Å²) in [6, 6.07) is 5.88. The first-order chi connectivity index (χ1) is 14.3. The first kappa shape index (κ1) is 24.0. The Labute approximate surface area is 178 Å². The molecule has 1 aromatic carbocycles. The van der Waals surface area contributed by atoms with E-state index in [1.807, 2.05) is 0 Å². The SMILES string of the molecule is C=CC(=O)NCCCN(C)S(=O)(=O)c1ccc(C(=O)NCCN2CCOCC2)cc1. The zero-order valence-electron chi connectivity index (χ0n) is 17.3. The fourth-order valence-electron chi connectivity index (χ4n) is 2.92. The smallest absolute Gasteiger partial charge is 0.251 e. The zero-order valence-corrected chi connectivity index (χ0v) is 18.1. The quantitative estimate of drug-likeness (QED) is 0.374. The maximum atomic E-state index is 12.7. The molecule has 1 saturated heterocycles. The fourth-order valence-corrected chi connectivity index (χ4v) is 4.13. The van der Waals surface area contributed by atoms with Gasteiger partial charge < -0.3 is 15.4 Å². The van der Waals surface area contributed by atoms with Crippen LogP contribution in [0.25, 0.3) is 0 Å². The summed E-state index contributed by atoms with van der Waals surface area (Å²) in [6.45, 7) is 8.37. The van der Waals surface area contributed by atoms with Gasteiger partial charge in [-0.3, -0.25) is 14.5 Å². The summed E-state index contributed by atoms with van der Waals surface area (Å²) < 4.78 is 31.8. The Bertz CT molecular complexity index is 820. The summed E-state index contributed by atoms with van der Waals surface area (Å²) in [5.41, 5.74) is 0.408. The molecule has 166 valence electrons. The van der Waals surface area contributed by atoms with Crippen molar-refractivity contribution in [1.82, 2.24) is 19.8 Å². The average molecular weight is 439 g/mol. The van der Waals surface area contributed by atoms with E-state index in [0.29, 0.717) is 38.3 Å². The standard InChI is InChI=1S/C20H30N4O5S/c1-3-19(25)21-9-4-11-23(2)30(27,28)18-7-5-17(6-8-18)20(26)22-10-12-24-13-15-29-16-14-24/h3,5-8H,1,4,9-16H2,2H3,(H,21,25)(H,22,26). The molecule has 9 nitrogen and oxygen atoms in total. The van der Waals surface area contributed by atoms with Gasteiger partial charge in [-0.15, -0.1) is 0 Å². The number of sulfonamides is 1. The molecule has 2 rings (SSSR count). The third-order valence-corrected chi connectivity index (χ3v) is 6.65. The van der Waals surface area contributed by atoms with Crippen molar-refractivity contribution in [2.24, 2.45) is 0 Å². The molecule has 0 unspecified atom stereocenters. The Morgan fingerprint density at radius 2 is 1.83 bits per heavy atom. The van der Waals surface area contributed by atoms with Crippen LogP contribution in [0.2, 0.25) is 0 Å². The number of nitrogens with one attached hydrogen (secondary N) is 2. The van der Waals surface area contributed by atoms with E-state index in [2.05, 4.69) is 22.1 Å². The van der Waals surface area contributed by atoms with Gasteiger partial charge in [-0.2, -0.15) is 0 Å². The van der Waals surface area contributed by atoms with Gasteiger partial charge in [-0.25, -0.2) is 12.7 Å². The molecule has 2 N–H and O–H groups in total. The molecule has 1 aliphatic heterocycles. The number of ether oxygens (including phenoxy) is 1. The van der Waals surface area contributed by atoms with Crippen LogP contribution in [-0.2, 0) is 19.6 Å². The molecule has 0 bridgehead atoms. The number of amides is 2. The van der Waals surface area contributed by atoms with E-state index in [4.69, 9.17) is 4.74 Å². The van der Waals surface area contributed by atoms with E-state index in [-0.39, 0.29) is 23.3 Å². The number of carbonyl (C=O) groups excluding carboxylic acids is 2. The molecule has 2 amide bonds. The van der Waals surface area contributed by atoms with Gasteiger partial charge in [0.2, 0.25) is 15.9 Å². The van der Waals surface area contributed by atoms with E-state index in [1.165, 1.54) is 41.7 Å². The van der Waals surface area contributed by atoms with Gasteiger partial charge in [0.25, 0.3) is 5.91 Å². The normalized spacial score (nSPS) is 15.0. The van der Waals surface area contributed by atoms with Crippen molar-refractivity contribution in [3.05, 3.63) is 42.5 Å².